The molecular formula is C19H17N3O4. The summed E-state index contributed by atoms with van der Waals surface area (Å²) in [5, 5.41) is 10.3. The van der Waals surface area contributed by atoms with Gasteiger partial charge in [-0.1, -0.05) is 35.4 Å². The van der Waals surface area contributed by atoms with Crippen molar-refractivity contribution in [3.05, 3.63) is 60.2 Å². The lowest BCUT2D eigenvalue weighted by Gasteiger charge is -2.07. The van der Waals surface area contributed by atoms with Crippen molar-refractivity contribution in [1.82, 2.24) is 10.2 Å². The van der Waals surface area contributed by atoms with Gasteiger partial charge >= 0.3 is 6.01 Å². The van der Waals surface area contributed by atoms with E-state index in [9.17, 15) is 4.79 Å². The summed E-state index contributed by atoms with van der Waals surface area (Å²) in [5.74, 6) is 1.01. The van der Waals surface area contributed by atoms with Crippen LogP contribution in [0.4, 0.5) is 6.01 Å². The normalized spacial score (nSPS) is 10.7. The highest BCUT2D eigenvalue weighted by atomic mass is 16.5. The van der Waals surface area contributed by atoms with Gasteiger partial charge in [-0.25, -0.2) is 0 Å². The summed E-state index contributed by atoms with van der Waals surface area (Å²) < 4.78 is 16.0. The second-order valence-electron chi connectivity index (χ2n) is 5.21. The Balaban J connectivity index is 1.74. The fraction of sp³-hybridized carbons (Fsp3) is 0.105. The molecule has 7 heteroatoms. The van der Waals surface area contributed by atoms with Crippen LogP contribution in [-0.4, -0.2) is 30.3 Å². The summed E-state index contributed by atoms with van der Waals surface area (Å²) in [7, 11) is 3.10. The van der Waals surface area contributed by atoms with E-state index in [1.807, 2.05) is 30.3 Å². The quantitative estimate of drug-likeness (QED) is 0.685. The summed E-state index contributed by atoms with van der Waals surface area (Å²) >= 11 is 0. The van der Waals surface area contributed by atoms with Crippen molar-refractivity contribution in [2.24, 2.45) is 0 Å². The molecule has 1 N–H and O–H groups in total. The van der Waals surface area contributed by atoms with Crippen LogP contribution < -0.4 is 14.8 Å². The Bertz CT molecular complexity index is 920. The summed E-state index contributed by atoms with van der Waals surface area (Å²) in [4.78, 5) is 12.0. The molecule has 132 valence electrons. The van der Waals surface area contributed by atoms with Gasteiger partial charge in [0.1, 0.15) is 11.5 Å². The van der Waals surface area contributed by atoms with Gasteiger partial charge in [-0.15, -0.1) is 5.10 Å². The molecule has 2 aromatic carbocycles. The van der Waals surface area contributed by atoms with Gasteiger partial charge in [0.15, 0.2) is 0 Å². The molecule has 0 unspecified atom stereocenters. The van der Waals surface area contributed by atoms with Gasteiger partial charge in [-0.2, -0.15) is 0 Å². The molecule has 0 aliphatic heterocycles. The van der Waals surface area contributed by atoms with Crippen LogP contribution in [0.5, 0.6) is 11.5 Å². The molecule has 0 fully saturated rings. The Labute approximate surface area is 150 Å². The Kier molecular flexibility index (Phi) is 5.28. The van der Waals surface area contributed by atoms with Crippen molar-refractivity contribution in [2.45, 2.75) is 0 Å². The fourth-order valence-corrected chi connectivity index (χ4v) is 2.25. The molecule has 1 amide bonds. The first kappa shape index (κ1) is 17.2. The van der Waals surface area contributed by atoms with Gasteiger partial charge in [0.25, 0.3) is 11.8 Å². The summed E-state index contributed by atoms with van der Waals surface area (Å²) in [6.07, 6.45) is 3.09. The number of anilines is 1. The van der Waals surface area contributed by atoms with Gasteiger partial charge in [0.2, 0.25) is 0 Å². The predicted molar refractivity (Wildman–Crippen MR) is 96.9 cm³/mol. The van der Waals surface area contributed by atoms with E-state index in [1.54, 1.807) is 38.5 Å². The highest BCUT2D eigenvalue weighted by Gasteiger charge is 2.15. The van der Waals surface area contributed by atoms with E-state index in [-0.39, 0.29) is 17.8 Å². The lowest BCUT2D eigenvalue weighted by Crippen LogP contribution is -2.07. The maximum absolute atomic E-state index is 12.0. The zero-order chi connectivity index (χ0) is 18.4. The fourth-order valence-electron chi connectivity index (χ4n) is 2.25. The second-order valence-corrected chi connectivity index (χ2v) is 5.21. The van der Waals surface area contributed by atoms with Crippen LogP contribution in [0.1, 0.15) is 5.56 Å². The van der Waals surface area contributed by atoms with Crippen LogP contribution in [0, 0.1) is 0 Å². The number of carbonyl (C=O) groups is 1. The molecule has 1 aromatic heterocycles. The lowest BCUT2D eigenvalue weighted by atomic mass is 10.2. The molecule has 0 saturated heterocycles. The first-order valence-electron chi connectivity index (χ1n) is 7.79. The lowest BCUT2D eigenvalue weighted by molar-refractivity contribution is -0.112. The first-order valence-corrected chi connectivity index (χ1v) is 7.79. The second kappa shape index (κ2) is 7.98. The van der Waals surface area contributed by atoms with Gasteiger partial charge in [0.05, 0.1) is 19.8 Å². The average molecular weight is 351 g/mol. The molecule has 0 aliphatic rings. The van der Waals surface area contributed by atoms with E-state index >= 15 is 0 Å². The zero-order valence-electron chi connectivity index (χ0n) is 14.3. The van der Waals surface area contributed by atoms with Crippen molar-refractivity contribution in [3.63, 3.8) is 0 Å². The van der Waals surface area contributed by atoms with E-state index in [0.717, 1.165) is 5.56 Å². The number of nitrogens with one attached hydrogen (secondary N) is 1. The molecule has 3 rings (SSSR count). The molecule has 3 aromatic rings. The zero-order valence-corrected chi connectivity index (χ0v) is 14.3. The largest absolute Gasteiger partial charge is 0.497 e. The number of aromatic nitrogens is 2. The highest BCUT2D eigenvalue weighted by Crippen LogP contribution is 2.33. The first-order chi connectivity index (χ1) is 12.7. The smallest absolute Gasteiger partial charge is 0.322 e. The molecule has 1 heterocycles. The third-order valence-electron chi connectivity index (χ3n) is 3.52. The number of rotatable bonds is 6. The molecule has 0 spiro atoms. The Morgan fingerprint density at radius 3 is 2.62 bits per heavy atom. The van der Waals surface area contributed by atoms with Gasteiger partial charge in [-0.3, -0.25) is 10.1 Å². The average Bonchev–Trinajstić information content (AvgIpc) is 3.15. The van der Waals surface area contributed by atoms with Gasteiger partial charge < -0.3 is 13.9 Å². The van der Waals surface area contributed by atoms with Crippen LogP contribution >= 0.6 is 0 Å². The maximum Gasteiger partial charge on any atom is 0.322 e. The monoisotopic (exact) mass is 351 g/mol. The number of ether oxygens (including phenoxy) is 2. The van der Waals surface area contributed by atoms with E-state index < -0.39 is 0 Å². The van der Waals surface area contributed by atoms with Crippen molar-refractivity contribution in [1.29, 1.82) is 0 Å². The topological polar surface area (TPSA) is 86.5 Å². The number of methoxy groups -OCH3 is 2. The minimum Gasteiger partial charge on any atom is -0.497 e. The van der Waals surface area contributed by atoms with Gasteiger partial charge in [-0.05, 0) is 29.8 Å². The molecule has 0 atom stereocenters. The molecule has 0 aliphatic carbocycles. The third-order valence-corrected chi connectivity index (χ3v) is 3.52. The summed E-state index contributed by atoms with van der Waals surface area (Å²) in [6.45, 7) is 0. The number of carbonyl (C=O) groups excluding carboxylic acids is 1. The molecule has 26 heavy (non-hydrogen) atoms. The van der Waals surface area contributed by atoms with Crippen LogP contribution in [0.15, 0.2) is 59.0 Å². The van der Waals surface area contributed by atoms with E-state index in [1.165, 1.54) is 6.08 Å². The van der Waals surface area contributed by atoms with Crippen molar-refractivity contribution < 1.29 is 18.7 Å². The number of hydrogen-bond donors (Lipinski definition) is 1. The Hall–Kier alpha value is -3.61. The van der Waals surface area contributed by atoms with Crippen LogP contribution in [0.3, 0.4) is 0 Å². The van der Waals surface area contributed by atoms with Crippen LogP contribution in [0.25, 0.3) is 17.5 Å². The molecule has 0 radical (unpaired) electrons. The van der Waals surface area contributed by atoms with Crippen molar-refractivity contribution in [2.75, 3.05) is 19.5 Å². The van der Waals surface area contributed by atoms with Crippen LogP contribution in [0.2, 0.25) is 0 Å². The Morgan fingerprint density at radius 2 is 1.88 bits per heavy atom. The third kappa shape index (κ3) is 4.07. The number of amides is 1. The Morgan fingerprint density at radius 1 is 1.08 bits per heavy atom. The van der Waals surface area contributed by atoms with E-state index in [4.69, 9.17) is 13.9 Å². The predicted octanol–water partition coefficient (Wildman–Crippen LogP) is 3.41. The molecular weight excluding hydrogens is 334 g/mol. The molecule has 0 saturated carbocycles. The number of hydrogen-bond acceptors (Lipinski definition) is 6. The van der Waals surface area contributed by atoms with Crippen LogP contribution in [-0.2, 0) is 4.79 Å². The van der Waals surface area contributed by atoms with Crippen molar-refractivity contribution in [3.8, 4) is 23.0 Å². The highest BCUT2D eigenvalue weighted by molar-refractivity contribution is 6.00. The summed E-state index contributed by atoms with van der Waals surface area (Å²) in [6, 6.07) is 14.7. The standard InChI is InChI=1S/C19H17N3O4/c1-24-14-9-10-16(25-2)15(12-14)18-21-22-19(26-18)20-17(23)11-8-13-6-4-3-5-7-13/h3-12H,1-2H3,(H,20,22,23). The van der Waals surface area contributed by atoms with E-state index in [2.05, 4.69) is 15.5 Å². The number of benzene rings is 2. The minimum atomic E-state index is -0.373. The van der Waals surface area contributed by atoms with Crippen molar-refractivity contribution >= 4 is 18.0 Å². The van der Waals surface area contributed by atoms with Gasteiger partial charge in [0, 0.05) is 6.08 Å². The maximum atomic E-state index is 12.0. The molecule has 0 bridgehead atoms. The molecule has 7 nitrogen and oxygen atoms in total. The van der Waals surface area contributed by atoms with E-state index in [0.29, 0.717) is 17.1 Å². The minimum absolute atomic E-state index is 0.00687. The number of nitrogens with zero attached hydrogens (tertiary/aromatic N) is 2. The summed E-state index contributed by atoms with van der Waals surface area (Å²) in [5.41, 5.74) is 1.48. The SMILES string of the molecule is COc1ccc(OC)c(-c2nnc(NC(=O)C=Cc3ccccc3)o2)c1.